The maximum absolute atomic E-state index is 5.93. The molecule has 0 radical (unpaired) electrons. The second kappa shape index (κ2) is 5.63. The van der Waals surface area contributed by atoms with Gasteiger partial charge >= 0.3 is 0 Å². The Balaban J connectivity index is 1.55. The molecule has 3 aromatic rings. The minimum Gasteiger partial charge on any atom is -0.491 e. The molecule has 0 unspecified atom stereocenters. The Labute approximate surface area is 128 Å². The molecule has 3 heterocycles. The number of anilines is 1. The van der Waals surface area contributed by atoms with E-state index >= 15 is 0 Å². The largest absolute Gasteiger partial charge is 0.491 e. The second-order valence-electron chi connectivity index (χ2n) is 5.39. The van der Waals surface area contributed by atoms with Crippen LogP contribution in [0.25, 0.3) is 5.78 Å². The second-order valence-corrected chi connectivity index (χ2v) is 5.39. The Morgan fingerprint density at radius 2 is 2.05 bits per heavy atom. The first kappa shape index (κ1) is 13.1. The van der Waals surface area contributed by atoms with E-state index in [1.807, 2.05) is 36.4 Å². The van der Waals surface area contributed by atoms with Gasteiger partial charge in [0, 0.05) is 12.7 Å². The highest BCUT2D eigenvalue weighted by Crippen LogP contribution is 2.25. The van der Waals surface area contributed by atoms with Gasteiger partial charge in [-0.25, -0.2) is 4.98 Å². The predicted molar refractivity (Wildman–Crippen MR) is 83.1 cm³/mol. The van der Waals surface area contributed by atoms with Crippen molar-refractivity contribution in [1.82, 2.24) is 19.6 Å². The number of rotatable bonds is 4. The molecule has 4 rings (SSSR count). The lowest BCUT2D eigenvalue weighted by Gasteiger charge is -2.26. The fourth-order valence-electron chi connectivity index (χ4n) is 2.96. The van der Waals surface area contributed by atoms with Crippen molar-refractivity contribution in [2.24, 2.45) is 0 Å². The van der Waals surface area contributed by atoms with Crippen LogP contribution in [-0.2, 0) is 0 Å². The average Bonchev–Trinajstić information content (AvgIpc) is 3.22. The first-order valence-corrected chi connectivity index (χ1v) is 7.51. The van der Waals surface area contributed by atoms with Gasteiger partial charge in [0.25, 0.3) is 5.78 Å². The summed E-state index contributed by atoms with van der Waals surface area (Å²) in [4.78, 5) is 10.7. The minimum absolute atomic E-state index is 0.343. The molecule has 1 saturated heterocycles. The number of nitrogens with zero attached hydrogens (tertiary/aromatic N) is 5. The fraction of sp³-hybridized carbons (Fsp3) is 0.312. The van der Waals surface area contributed by atoms with Crippen LogP contribution in [-0.4, -0.2) is 38.8 Å². The van der Waals surface area contributed by atoms with Gasteiger partial charge in [-0.15, -0.1) is 0 Å². The average molecular weight is 295 g/mol. The Bertz CT molecular complexity index is 757. The molecule has 1 atom stereocenters. The van der Waals surface area contributed by atoms with Crippen molar-refractivity contribution >= 4 is 11.6 Å². The monoisotopic (exact) mass is 295 g/mol. The number of benzene rings is 1. The Morgan fingerprint density at radius 3 is 2.95 bits per heavy atom. The van der Waals surface area contributed by atoms with Crippen LogP contribution < -0.4 is 9.64 Å². The zero-order valence-electron chi connectivity index (χ0n) is 12.2. The molecule has 0 saturated carbocycles. The molecule has 22 heavy (non-hydrogen) atoms. The van der Waals surface area contributed by atoms with Gasteiger partial charge in [-0.1, -0.05) is 18.2 Å². The maximum atomic E-state index is 5.93. The van der Waals surface area contributed by atoms with Crippen molar-refractivity contribution in [3.63, 3.8) is 0 Å². The van der Waals surface area contributed by atoms with Crippen molar-refractivity contribution in [1.29, 1.82) is 0 Å². The first-order chi connectivity index (χ1) is 10.9. The third-order valence-electron chi connectivity index (χ3n) is 4.02. The summed E-state index contributed by atoms with van der Waals surface area (Å²) in [6.07, 6.45) is 5.59. The van der Waals surface area contributed by atoms with Gasteiger partial charge in [0.1, 0.15) is 24.5 Å². The standard InChI is InChI=1S/C16H17N5O/c1-2-6-14(7-3-1)22-11-13-5-4-10-20(13)15-8-9-17-16-18-12-19-21(15)16/h1-3,6-9,12-13H,4-5,10-11H2/t13-/m0/s1. The summed E-state index contributed by atoms with van der Waals surface area (Å²) in [5.74, 6) is 2.57. The van der Waals surface area contributed by atoms with Crippen molar-refractivity contribution in [3.05, 3.63) is 48.9 Å². The van der Waals surface area contributed by atoms with Crippen LogP contribution in [0.15, 0.2) is 48.9 Å². The zero-order valence-corrected chi connectivity index (χ0v) is 12.2. The summed E-state index contributed by atoms with van der Waals surface area (Å²) in [6, 6.07) is 12.3. The van der Waals surface area contributed by atoms with Gasteiger partial charge in [0.15, 0.2) is 0 Å². The SMILES string of the molecule is c1ccc(OC[C@@H]2CCCN2c2ccnc3ncnn23)cc1. The normalized spacial score (nSPS) is 18.0. The Kier molecular flexibility index (Phi) is 3.34. The van der Waals surface area contributed by atoms with Crippen LogP contribution in [0, 0.1) is 0 Å². The highest BCUT2D eigenvalue weighted by atomic mass is 16.5. The van der Waals surface area contributed by atoms with E-state index in [0.29, 0.717) is 18.4 Å². The number of hydrogen-bond acceptors (Lipinski definition) is 5. The van der Waals surface area contributed by atoms with Gasteiger partial charge in [-0.05, 0) is 31.0 Å². The van der Waals surface area contributed by atoms with E-state index in [1.54, 1.807) is 10.7 Å². The molecule has 0 aliphatic carbocycles. The van der Waals surface area contributed by atoms with Crippen LogP contribution in [0.1, 0.15) is 12.8 Å². The third kappa shape index (κ3) is 2.36. The van der Waals surface area contributed by atoms with Crippen LogP contribution in [0.3, 0.4) is 0 Å². The summed E-state index contributed by atoms with van der Waals surface area (Å²) in [5.41, 5.74) is 0. The zero-order chi connectivity index (χ0) is 14.8. The van der Waals surface area contributed by atoms with Gasteiger partial charge in [0.2, 0.25) is 0 Å². The van der Waals surface area contributed by atoms with E-state index in [1.165, 1.54) is 6.33 Å². The number of para-hydroxylation sites is 1. The summed E-state index contributed by atoms with van der Waals surface area (Å²) >= 11 is 0. The lowest BCUT2D eigenvalue weighted by Crippen LogP contribution is -2.35. The topological polar surface area (TPSA) is 55.5 Å². The first-order valence-electron chi connectivity index (χ1n) is 7.51. The Hall–Kier alpha value is -2.63. The molecule has 0 N–H and O–H groups in total. The summed E-state index contributed by atoms with van der Waals surface area (Å²) in [7, 11) is 0. The van der Waals surface area contributed by atoms with E-state index < -0.39 is 0 Å². The van der Waals surface area contributed by atoms with E-state index in [-0.39, 0.29) is 0 Å². The van der Waals surface area contributed by atoms with E-state index in [9.17, 15) is 0 Å². The van der Waals surface area contributed by atoms with E-state index in [4.69, 9.17) is 4.74 Å². The predicted octanol–water partition coefficient (Wildman–Crippen LogP) is 2.17. The highest BCUT2D eigenvalue weighted by molar-refractivity contribution is 5.46. The summed E-state index contributed by atoms with van der Waals surface area (Å²) < 4.78 is 7.73. The van der Waals surface area contributed by atoms with Gasteiger partial charge in [-0.3, -0.25) is 0 Å². The molecule has 0 amide bonds. The number of hydrogen-bond donors (Lipinski definition) is 0. The van der Waals surface area contributed by atoms with Gasteiger partial charge in [0.05, 0.1) is 6.04 Å². The molecule has 0 spiro atoms. The third-order valence-corrected chi connectivity index (χ3v) is 4.02. The molecule has 112 valence electrons. The molecule has 1 fully saturated rings. The summed E-state index contributed by atoms with van der Waals surface area (Å²) in [6.45, 7) is 1.67. The van der Waals surface area contributed by atoms with Crippen LogP contribution in [0.4, 0.5) is 5.82 Å². The smallest absolute Gasteiger partial charge is 0.254 e. The number of aromatic nitrogens is 4. The molecule has 1 aliphatic rings. The number of fused-ring (bicyclic) bond motifs is 1. The molecular weight excluding hydrogens is 278 g/mol. The van der Waals surface area contributed by atoms with Crippen molar-refractivity contribution in [3.8, 4) is 5.75 Å². The molecule has 6 heteroatoms. The Morgan fingerprint density at radius 1 is 1.14 bits per heavy atom. The minimum atomic E-state index is 0.343. The van der Waals surface area contributed by atoms with E-state index in [0.717, 1.165) is 31.0 Å². The van der Waals surface area contributed by atoms with E-state index in [2.05, 4.69) is 20.0 Å². The van der Waals surface area contributed by atoms with Gasteiger partial charge in [-0.2, -0.15) is 14.6 Å². The molecule has 6 nitrogen and oxygen atoms in total. The molecule has 0 bridgehead atoms. The van der Waals surface area contributed by atoms with Crippen molar-refractivity contribution in [2.75, 3.05) is 18.1 Å². The maximum Gasteiger partial charge on any atom is 0.254 e. The van der Waals surface area contributed by atoms with Gasteiger partial charge < -0.3 is 9.64 Å². The fourth-order valence-corrected chi connectivity index (χ4v) is 2.96. The molecular formula is C16H17N5O. The lowest BCUT2D eigenvalue weighted by molar-refractivity contribution is 0.288. The summed E-state index contributed by atoms with van der Waals surface area (Å²) in [5, 5.41) is 4.28. The lowest BCUT2D eigenvalue weighted by atomic mass is 10.2. The van der Waals surface area contributed by atoms with Crippen LogP contribution in [0.2, 0.25) is 0 Å². The quantitative estimate of drug-likeness (QED) is 0.738. The van der Waals surface area contributed by atoms with Crippen molar-refractivity contribution in [2.45, 2.75) is 18.9 Å². The molecule has 1 aromatic carbocycles. The molecule has 2 aromatic heterocycles. The van der Waals surface area contributed by atoms with Crippen LogP contribution >= 0.6 is 0 Å². The molecule has 1 aliphatic heterocycles. The highest BCUT2D eigenvalue weighted by Gasteiger charge is 2.27. The van der Waals surface area contributed by atoms with Crippen molar-refractivity contribution < 1.29 is 4.74 Å². The van der Waals surface area contributed by atoms with Crippen LogP contribution in [0.5, 0.6) is 5.75 Å². The number of ether oxygens (including phenoxy) is 1.